The fourth-order valence-electron chi connectivity index (χ4n) is 1.85. The fraction of sp³-hybridized carbons (Fsp3) is 0.357. The molecule has 0 fully saturated rings. The van der Waals surface area contributed by atoms with Crippen LogP contribution < -0.4 is 5.32 Å². The highest BCUT2D eigenvalue weighted by Crippen LogP contribution is 2.26. The van der Waals surface area contributed by atoms with Gasteiger partial charge < -0.3 is 10.1 Å². The number of benzene rings is 1. The van der Waals surface area contributed by atoms with Crippen molar-refractivity contribution in [2.75, 3.05) is 20.3 Å². The summed E-state index contributed by atoms with van der Waals surface area (Å²) in [5.74, 6) is -0.217. The van der Waals surface area contributed by atoms with E-state index in [2.05, 4.69) is 10.3 Å². The zero-order valence-electron chi connectivity index (χ0n) is 11.0. The predicted molar refractivity (Wildman–Crippen MR) is 75.0 cm³/mol. The van der Waals surface area contributed by atoms with Gasteiger partial charge in [-0.25, -0.2) is 9.37 Å². The van der Waals surface area contributed by atoms with Gasteiger partial charge in [-0.05, 0) is 13.0 Å². The summed E-state index contributed by atoms with van der Waals surface area (Å²) in [7, 11) is 1.65. The van der Waals surface area contributed by atoms with Crippen LogP contribution in [0.15, 0.2) is 29.6 Å². The molecule has 0 radical (unpaired) electrons. The third-order valence-electron chi connectivity index (χ3n) is 2.75. The maximum absolute atomic E-state index is 13.9. The summed E-state index contributed by atoms with van der Waals surface area (Å²) < 4.78 is 19.0. The van der Waals surface area contributed by atoms with E-state index in [1.807, 2.05) is 18.4 Å². The fourth-order valence-corrected chi connectivity index (χ4v) is 2.74. The van der Waals surface area contributed by atoms with E-state index in [-0.39, 0.29) is 11.9 Å². The lowest BCUT2D eigenvalue weighted by Gasteiger charge is -2.17. The van der Waals surface area contributed by atoms with E-state index in [0.29, 0.717) is 18.7 Å². The third-order valence-corrected chi connectivity index (χ3v) is 3.78. The van der Waals surface area contributed by atoms with Crippen molar-refractivity contribution in [2.24, 2.45) is 0 Å². The van der Waals surface area contributed by atoms with Gasteiger partial charge in [0.1, 0.15) is 10.8 Å². The number of methoxy groups -OCH3 is 1. The Morgan fingerprint density at radius 2 is 2.21 bits per heavy atom. The summed E-state index contributed by atoms with van der Waals surface area (Å²) in [6.07, 6.45) is 0. The van der Waals surface area contributed by atoms with Crippen LogP contribution in [0.2, 0.25) is 0 Å². The Hall–Kier alpha value is -1.30. The van der Waals surface area contributed by atoms with Crippen molar-refractivity contribution in [3.8, 4) is 0 Å². The molecule has 0 aliphatic rings. The molecule has 1 N–H and O–H groups in total. The number of nitrogens with one attached hydrogen (secondary N) is 1. The Labute approximate surface area is 116 Å². The third kappa shape index (κ3) is 3.59. The van der Waals surface area contributed by atoms with Crippen LogP contribution in [0.1, 0.15) is 22.3 Å². The van der Waals surface area contributed by atoms with Gasteiger partial charge in [-0.1, -0.05) is 18.2 Å². The van der Waals surface area contributed by atoms with Gasteiger partial charge in [0.2, 0.25) is 0 Å². The van der Waals surface area contributed by atoms with Crippen molar-refractivity contribution in [2.45, 2.75) is 13.0 Å². The highest BCUT2D eigenvalue weighted by atomic mass is 32.1. The van der Waals surface area contributed by atoms with E-state index in [1.165, 1.54) is 17.4 Å². The smallest absolute Gasteiger partial charge is 0.128 e. The summed E-state index contributed by atoms with van der Waals surface area (Å²) in [5.41, 5.74) is 1.57. The first-order valence-electron chi connectivity index (χ1n) is 6.11. The van der Waals surface area contributed by atoms with Crippen LogP contribution >= 0.6 is 11.3 Å². The van der Waals surface area contributed by atoms with Crippen molar-refractivity contribution in [3.05, 3.63) is 51.7 Å². The van der Waals surface area contributed by atoms with E-state index in [0.717, 1.165) is 10.7 Å². The van der Waals surface area contributed by atoms with Crippen molar-refractivity contribution < 1.29 is 9.13 Å². The van der Waals surface area contributed by atoms with Crippen LogP contribution in [0.3, 0.4) is 0 Å². The molecule has 5 heteroatoms. The molecule has 19 heavy (non-hydrogen) atoms. The zero-order chi connectivity index (χ0) is 13.7. The molecule has 1 aromatic carbocycles. The molecule has 3 nitrogen and oxygen atoms in total. The molecule has 1 atom stereocenters. The molecule has 0 saturated heterocycles. The summed E-state index contributed by atoms with van der Waals surface area (Å²) >= 11 is 1.54. The van der Waals surface area contributed by atoms with Crippen molar-refractivity contribution >= 4 is 11.3 Å². The van der Waals surface area contributed by atoms with Crippen LogP contribution in [-0.2, 0) is 4.74 Å². The highest BCUT2D eigenvalue weighted by Gasteiger charge is 2.19. The number of aromatic nitrogens is 1. The SMILES string of the molecule is COCCNC(c1nc(C)cs1)c1ccccc1F. The van der Waals surface area contributed by atoms with E-state index in [1.54, 1.807) is 19.2 Å². The molecule has 102 valence electrons. The average molecular weight is 280 g/mol. The first kappa shape index (κ1) is 14.1. The molecule has 0 aliphatic heterocycles. The number of hydrogen-bond acceptors (Lipinski definition) is 4. The number of rotatable bonds is 6. The molecule has 1 unspecified atom stereocenters. The number of nitrogens with zero attached hydrogens (tertiary/aromatic N) is 1. The van der Waals surface area contributed by atoms with Gasteiger partial charge in [0.15, 0.2) is 0 Å². The first-order valence-corrected chi connectivity index (χ1v) is 6.99. The van der Waals surface area contributed by atoms with E-state index >= 15 is 0 Å². The second-order valence-corrected chi connectivity index (χ2v) is 5.12. The van der Waals surface area contributed by atoms with Gasteiger partial charge in [0, 0.05) is 30.3 Å². The number of halogens is 1. The van der Waals surface area contributed by atoms with E-state index in [9.17, 15) is 4.39 Å². The molecule has 1 aromatic heterocycles. The van der Waals surface area contributed by atoms with Crippen molar-refractivity contribution in [1.29, 1.82) is 0 Å². The average Bonchev–Trinajstić information content (AvgIpc) is 2.83. The zero-order valence-corrected chi connectivity index (χ0v) is 11.8. The predicted octanol–water partition coefficient (Wildman–Crippen LogP) is 2.92. The molecule has 1 heterocycles. The van der Waals surface area contributed by atoms with Gasteiger partial charge in [-0.15, -0.1) is 11.3 Å². The van der Waals surface area contributed by atoms with Gasteiger partial charge in [-0.3, -0.25) is 0 Å². The minimum absolute atomic E-state index is 0.217. The lowest BCUT2D eigenvalue weighted by Crippen LogP contribution is -2.26. The lowest BCUT2D eigenvalue weighted by atomic mass is 10.1. The topological polar surface area (TPSA) is 34.1 Å². The van der Waals surface area contributed by atoms with Crippen LogP contribution in [0.25, 0.3) is 0 Å². The number of aryl methyl sites for hydroxylation is 1. The molecule has 0 spiro atoms. The van der Waals surface area contributed by atoms with Gasteiger partial charge in [0.05, 0.1) is 12.6 Å². The molecule has 2 aromatic rings. The van der Waals surface area contributed by atoms with Crippen LogP contribution in [0, 0.1) is 12.7 Å². The minimum Gasteiger partial charge on any atom is -0.383 e. The quantitative estimate of drug-likeness (QED) is 0.826. The summed E-state index contributed by atoms with van der Waals surface area (Å²) in [5, 5.41) is 6.14. The minimum atomic E-state index is -0.227. The standard InChI is InChI=1S/C14H17FN2OS/c1-10-9-19-14(17-10)13(16-7-8-18-2)11-5-3-4-6-12(11)15/h3-6,9,13,16H,7-8H2,1-2H3. The Morgan fingerprint density at radius 3 is 2.84 bits per heavy atom. The number of hydrogen-bond donors (Lipinski definition) is 1. The lowest BCUT2D eigenvalue weighted by molar-refractivity contribution is 0.197. The maximum Gasteiger partial charge on any atom is 0.128 e. The second-order valence-electron chi connectivity index (χ2n) is 4.23. The largest absolute Gasteiger partial charge is 0.383 e. The van der Waals surface area contributed by atoms with Crippen LogP contribution in [-0.4, -0.2) is 25.2 Å². The Morgan fingerprint density at radius 1 is 1.42 bits per heavy atom. The van der Waals surface area contributed by atoms with E-state index in [4.69, 9.17) is 4.74 Å². The Bertz CT molecular complexity index is 530. The number of ether oxygens (including phenoxy) is 1. The van der Waals surface area contributed by atoms with Gasteiger partial charge >= 0.3 is 0 Å². The monoisotopic (exact) mass is 280 g/mol. The van der Waals surface area contributed by atoms with Gasteiger partial charge in [0.25, 0.3) is 0 Å². The van der Waals surface area contributed by atoms with Gasteiger partial charge in [-0.2, -0.15) is 0 Å². The molecule has 0 aliphatic carbocycles. The van der Waals surface area contributed by atoms with E-state index < -0.39 is 0 Å². The molecule has 2 rings (SSSR count). The number of thiazole rings is 1. The molecule has 0 amide bonds. The first-order chi connectivity index (χ1) is 9.22. The van der Waals surface area contributed by atoms with Crippen LogP contribution in [0.4, 0.5) is 4.39 Å². The molecular weight excluding hydrogens is 263 g/mol. The Kier molecular flexibility index (Phi) is 5.01. The summed E-state index contributed by atoms with van der Waals surface area (Å²) in [6.45, 7) is 3.16. The second kappa shape index (κ2) is 6.75. The molecule has 0 bridgehead atoms. The normalized spacial score (nSPS) is 12.6. The van der Waals surface area contributed by atoms with Crippen molar-refractivity contribution in [1.82, 2.24) is 10.3 Å². The van der Waals surface area contributed by atoms with Crippen molar-refractivity contribution in [3.63, 3.8) is 0 Å². The molecule has 0 saturated carbocycles. The van der Waals surface area contributed by atoms with Crippen LogP contribution in [0.5, 0.6) is 0 Å². The summed E-state index contributed by atoms with van der Waals surface area (Å²) in [6, 6.07) is 6.56. The maximum atomic E-state index is 13.9. The Balaban J connectivity index is 2.26. The highest BCUT2D eigenvalue weighted by molar-refractivity contribution is 7.09. The summed E-state index contributed by atoms with van der Waals surface area (Å²) in [4.78, 5) is 4.46. The molecular formula is C14H17FN2OS.